The van der Waals surface area contributed by atoms with Gasteiger partial charge in [-0.1, -0.05) is 18.2 Å². The van der Waals surface area contributed by atoms with Crippen LogP contribution in [0.25, 0.3) is 16.8 Å². The van der Waals surface area contributed by atoms with Crippen molar-refractivity contribution in [3.05, 3.63) is 54.4 Å². The molecule has 2 aliphatic heterocycles. The predicted octanol–water partition coefficient (Wildman–Crippen LogP) is 4.29. The molecule has 0 bridgehead atoms. The van der Waals surface area contributed by atoms with Crippen molar-refractivity contribution in [2.45, 2.75) is 57.6 Å². The number of benzene rings is 2. The van der Waals surface area contributed by atoms with Crippen LogP contribution in [0.3, 0.4) is 0 Å². The molecule has 0 saturated carbocycles. The Morgan fingerprint density at radius 1 is 0.933 bits per heavy atom. The Morgan fingerprint density at radius 2 is 1.67 bits per heavy atom. The van der Waals surface area contributed by atoms with Crippen LogP contribution >= 0.6 is 0 Å². The van der Waals surface area contributed by atoms with Crippen molar-refractivity contribution in [2.24, 2.45) is 0 Å². The van der Waals surface area contributed by atoms with Crippen LogP contribution < -0.4 is 4.74 Å². The molecule has 6 nitrogen and oxygen atoms in total. The third kappa shape index (κ3) is 3.60. The van der Waals surface area contributed by atoms with Gasteiger partial charge in [0, 0.05) is 18.6 Å². The molecule has 30 heavy (non-hydrogen) atoms. The zero-order valence-corrected chi connectivity index (χ0v) is 18.0. The third-order valence-electron chi connectivity index (χ3n) is 6.67. The van der Waals surface area contributed by atoms with Crippen LogP contribution in [0.1, 0.15) is 45.6 Å². The summed E-state index contributed by atoms with van der Waals surface area (Å²) in [7, 11) is 0. The van der Waals surface area contributed by atoms with Crippen molar-refractivity contribution in [3.63, 3.8) is 0 Å². The Kier molecular flexibility index (Phi) is 4.62. The van der Waals surface area contributed by atoms with Gasteiger partial charge in [0.15, 0.2) is 0 Å². The van der Waals surface area contributed by atoms with Crippen LogP contribution in [0.5, 0.6) is 5.75 Å². The minimum Gasteiger partial charge on any atom is -0.487 e. The summed E-state index contributed by atoms with van der Waals surface area (Å²) in [4.78, 5) is 2.58. The number of aryl methyl sites for hydroxylation is 1. The fraction of sp³-hybridized carbons (Fsp3) is 0.458. The molecule has 0 unspecified atom stereocenters. The van der Waals surface area contributed by atoms with Gasteiger partial charge in [-0.2, -0.15) is 0 Å². The summed E-state index contributed by atoms with van der Waals surface area (Å²) in [6, 6.07) is 14.9. The smallest absolute Gasteiger partial charge is 0.143 e. The first-order valence-corrected chi connectivity index (χ1v) is 10.8. The van der Waals surface area contributed by atoms with Crippen LogP contribution in [0.4, 0.5) is 0 Å². The molecule has 6 heteroatoms. The van der Waals surface area contributed by atoms with Crippen molar-refractivity contribution in [1.82, 2.24) is 25.1 Å². The van der Waals surface area contributed by atoms with E-state index in [9.17, 15) is 0 Å². The lowest BCUT2D eigenvalue weighted by molar-refractivity contribution is -0.0355. The van der Waals surface area contributed by atoms with Crippen LogP contribution in [0.15, 0.2) is 48.8 Å². The zero-order valence-electron chi connectivity index (χ0n) is 18.0. The van der Waals surface area contributed by atoms with Crippen LogP contribution in [-0.4, -0.2) is 49.3 Å². The highest BCUT2D eigenvalue weighted by molar-refractivity contribution is 5.67. The van der Waals surface area contributed by atoms with Crippen LogP contribution in [0.2, 0.25) is 0 Å². The Balaban J connectivity index is 1.32. The Morgan fingerprint density at radius 3 is 2.33 bits per heavy atom. The number of hydrogen-bond acceptors (Lipinski definition) is 5. The number of tetrazole rings is 1. The third-order valence-corrected chi connectivity index (χ3v) is 6.67. The molecule has 1 fully saturated rings. The summed E-state index contributed by atoms with van der Waals surface area (Å²) in [6.45, 7) is 9.14. The van der Waals surface area contributed by atoms with Gasteiger partial charge in [-0.25, -0.2) is 4.68 Å². The zero-order chi connectivity index (χ0) is 20.8. The van der Waals surface area contributed by atoms with E-state index in [1.807, 2.05) is 12.1 Å². The molecule has 0 atom stereocenters. The van der Waals surface area contributed by atoms with Crippen LogP contribution in [0, 0.1) is 0 Å². The maximum absolute atomic E-state index is 6.63. The number of nitrogens with zero attached hydrogens (tertiary/aromatic N) is 5. The first-order chi connectivity index (χ1) is 14.4. The summed E-state index contributed by atoms with van der Waals surface area (Å²) >= 11 is 0. The minimum absolute atomic E-state index is 0.0176. The number of likely N-dealkylation sites (tertiary alicyclic amines) is 1. The van der Waals surface area contributed by atoms with E-state index in [1.54, 1.807) is 11.0 Å². The number of hydrogen-bond donors (Lipinski definition) is 0. The molecular weight excluding hydrogens is 374 g/mol. The van der Waals surface area contributed by atoms with E-state index in [4.69, 9.17) is 4.74 Å². The van der Waals surface area contributed by atoms with Crippen molar-refractivity contribution in [1.29, 1.82) is 0 Å². The van der Waals surface area contributed by atoms with Crippen molar-refractivity contribution >= 4 is 0 Å². The lowest BCUT2D eigenvalue weighted by Crippen LogP contribution is -2.54. The number of aromatic nitrogens is 4. The molecule has 156 valence electrons. The van der Waals surface area contributed by atoms with E-state index in [2.05, 4.69) is 71.5 Å². The average molecular weight is 404 g/mol. The molecule has 0 aliphatic carbocycles. The van der Waals surface area contributed by atoms with Gasteiger partial charge in [0.05, 0.1) is 5.69 Å². The second-order valence-electron chi connectivity index (χ2n) is 9.57. The molecule has 0 amide bonds. The second kappa shape index (κ2) is 7.20. The van der Waals surface area contributed by atoms with E-state index < -0.39 is 0 Å². The quantitative estimate of drug-likeness (QED) is 0.639. The first kappa shape index (κ1) is 19.2. The lowest BCUT2D eigenvalue weighted by Gasteiger charge is -2.48. The Labute approximate surface area is 177 Å². The molecule has 3 aromatic rings. The van der Waals surface area contributed by atoms with Crippen molar-refractivity contribution < 1.29 is 4.74 Å². The van der Waals surface area contributed by atoms with Gasteiger partial charge >= 0.3 is 0 Å². The molecule has 3 heterocycles. The van der Waals surface area contributed by atoms with Gasteiger partial charge in [0.1, 0.15) is 17.7 Å². The highest BCUT2D eigenvalue weighted by Gasteiger charge is 2.41. The van der Waals surface area contributed by atoms with Gasteiger partial charge in [0.25, 0.3) is 0 Å². The molecular formula is C24H29N5O. The molecule has 0 N–H and O–H groups in total. The van der Waals surface area contributed by atoms with E-state index in [0.29, 0.717) is 0 Å². The Bertz CT molecular complexity index is 1010. The van der Waals surface area contributed by atoms with E-state index in [-0.39, 0.29) is 11.1 Å². The second-order valence-corrected chi connectivity index (χ2v) is 9.57. The Hall–Kier alpha value is -2.73. The topological polar surface area (TPSA) is 56.1 Å². The summed E-state index contributed by atoms with van der Waals surface area (Å²) in [6.07, 6.45) is 6.03. The van der Waals surface area contributed by atoms with E-state index in [1.165, 1.54) is 16.7 Å². The maximum atomic E-state index is 6.63. The molecule has 1 saturated heterocycles. The van der Waals surface area contributed by atoms with Crippen molar-refractivity contribution in [3.8, 4) is 22.6 Å². The van der Waals surface area contributed by atoms with Gasteiger partial charge in [0.2, 0.25) is 0 Å². The summed E-state index contributed by atoms with van der Waals surface area (Å²) in [5.74, 6) is 1.07. The normalized spacial score (nSPS) is 18.8. The number of rotatable bonds is 2. The van der Waals surface area contributed by atoms with E-state index in [0.717, 1.165) is 50.2 Å². The van der Waals surface area contributed by atoms with Crippen LogP contribution in [-0.2, 0) is 6.42 Å². The molecule has 0 radical (unpaired) electrons. The maximum Gasteiger partial charge on any atom is 0.143 e. The molecule has 1 aromatic heterocycles. The number of ether oxygens (including phenoxy) is 1. The van der Waals surface area contributed by atoms with Gasteiger partial charge in [-0.3, -0.25) is 4.90 Å². The van der Waals surface area contributed by atoms with Gasteiger partial charge in [-0.15, -0.1) is 5.10 Å². The fourth-order valence-corrected chi connectivity index (χ4v) is 4.72. The summed E-state index contributed by atoms with van der Waals surface area (Å²) in [5, 5.41) is 11.3. The van der Waals surface area contributed by atoms with Gasteiger partial charge in [-0.05, 0) is 97.8 Å². The number of fused-ring (bicyclic) bond motifs is 1. The molecule has 2 aromatic carbocycles. The van der Waals surface area contributed by atoms with E-state index >= 15 is 0 Å². The molecule has 2 aliphatic rings. The predicted molar refractivity (Wildman–Crippen MR) is 117 cm³/mol. The SMILES string of the molecule is CC(C)(C)N1CCC2(CCc3cc(-c4ccc(-n5cnnn5)cc4)ccc3O2)CC1. The highest BCUT2D eigenvalue weighted by atomic mass is 16.5. The molecule has 5 rings (SSSR count). The largest absolute Gasteiger partial charge is 0.487 e. The monoisotopic (exact) mass is 403 g/mol. The summed E-state index contributed by atoms with van der Waals surface area (Å²) in [5.41, 5.74) is 4.94. The molecule has 1 spiro atoms. The highest BCUT2D eigenvalue weighted by Crippen LogP contribution is 2.41. The van der Waals surface area contributed by atoms with Crippen molar-refractivity contribution in [2.75, 3.05) is 13.1 Å². The number of piperidine rings is 1. The lowest BCUT2D eigenvalue weighted by atomic mass is 9.81. The first-order valence-electron chi connectivity index (χ1n) is 10.8. The standard InChI is InChI=1S/C24H29N5O/c1-23(2,3)28-14-12-24(13-15-28)11-10-20-16-19(6-9-22(20)30-24)18-4-7-21(8-5-18)29-17-25-26-27-29/h4-9,16-17H,10-15H2,1-3H3. The fourth-order valence-electron chi connectivity index (χ4n) is 4.72. The summed E-state index contributed by atoms with van der Waals surface area (Å²) < 4.78 is 8.29. The van der Waals surface area contributed by atoms with Gasteiger partial charge < -0.3 is 4.74 Å². The minimum atomic E-state index is 0.0176. The average Bonchev–Trinajstić information content (AvgIpc) is 3.28.